The number of aromatic amines is 1. The Balaban J connectivity index is 1.91. The van der Waals surface area contributed by atoms with Crippen LogP contribution in [0.2, 0.25) is 0 Å². The lowest BCUT2D eigenvalue weighted by molar-refractivity contribution is 0.0445. The molecule has 1 aliphatic rings. The zero-order chi connectivity index (χ0) is 24.5. The molecule has 34 heavy (non-hydrogen) atoms. The number of rotatable bonds is 13. The maximum absolute atomic E-state index is 10.2. The number of nitrogens with one attached hydrogen (secondary N) is 1. The Morgan fingerprint density at radius 3 is 2.79 bits per heavy atom. The van der Waals surface area contributed by atoms with Crippen molar-refractivity contribution in [3.63, 3.8) is 0 Å². The van der Waals surface area contributed by atoms with Gasteiger partial charge in [0.1, 0.15) is 11.6 Å². The van der Waals surface area contributed by atoms with Crippen LogP contribution in [0.4, 0.5) is 5.82 Å². The van der Waals surface area contributed by atoms with Crippen LogP contribution in [0, 0.1) is 0 Å². The number of aliphatic hydroxyl groups is 1. The molecule has 1 unspecified atom stereocenters. The smallest absolute Gasteiger partial charge is 0.124 e. The number of H-pyrrole nitrogens is 1. The molecule has 2 aromatic rings. The van der Waals surface area contributed by atoms with Crippen LogP contribution < -0.4 is 11.5 Å². The first-order valence-corrected chi connectivity index (χ1v) is 12.1. The Kier molecular flexibility index (Phi) is 9.83. The van der Waals surface area contributed by atoms with Crippen LogP contribution in [-0.2, 0) is 15.9 Å². The number of aromatic hydroxyl groups is 1. The van der Waals surface area contributed by atoms with Gasteiger partial charge in [-0.25, -0.2) is 0 Å². The quantitative estimate of drug-likeness (QED) is 0.303. The number of hydrogen-bond acceptors (Lipinski definition) is 7. The molecule has 8 nitrogen and oxygen atoms in total. The maximum Gasteiger partial charge on any atom is 0.124 e. The number of para-hydroxylation sites is 1. The molecule has 1 aliphatic heterocycles. The molecule has 7 N–H and O–H groups in total. The van der Waals surface area contributed by atoms with E-state index in [4.69, 9.17) is 20.9 Å². The number of benzene rings is 1. The van der Waals surface area contributed by atoms with Gasteiger partial charge >= 0.3 is 0 Å². The number of nitrogen functional groups attached to an aromatic ring is 1. The number of anilines is 1. The molecule has 0 amide bonds. The average molecular weight is 473 g/mol. The van der Waals surface area contributed by atoms with Gasteiger partial charge in [-0.05, 0) is 76.5 Å². The lowest BCUT2D eigenvalue weighted by Gasteiger charge is -2.19. The maximum atomic E-state index is 10.2. The van der Waals surface area contributed by atoms with E-state index in [0.717, 1.165) is 49.2 Å². The van der Waals surface area contributed by atoms with E-state index in [0.29, 0.717) is 43.1 Å². The van der Waals surface area contributed by atoms with E-state index in [1.165, 1.54) is 0 Å². The summed E-state index contributed by atoms with van der Waals surface area (Å²) in [4.78, 5) is 5.56. The Hall–Kier alpha value is -2.52. The lowest BCUT2D eigenvalue weighted by Crippen LogP contribution is -2.16. The molecule has 0 aliphatic carbocycles. The Morgan fingerprint density at radius 2 is 2.12 bits per heavy atom. The molecule has 188 valence electrons. The normalized spacial score (nSPS) is 17.5. The van der Waals surface area contributed by atoms with Crippen molar-refractivity contribution in [3.05, 3.63) is 46.6 Å². The van der Waals surface area contributed by atoms with Crippen LogP contribution in [0.15, 0.2) is 24.3 Å². The minimum absolute atomic E-state index is 0.103. The number of phenols is 1. The number of aliphatic hydroxyl groups excluding tert-OH is 1. The molecular formula is C26H40N4O4. The van der Waals surface area contributed by atoms with Crippen LogP contribution in [0.5, 0.6) is 5.75 Å². The highest BCUT2D eigenvalue weighted by Crippen LogP contribution is 2.35. The zero-order valence-electron chi connectivity index (χ0n) is 20.4. The molecule has 8 heteroatoms. The number of hydrogen-bond donors (Lipinski definition) is 5. The van der Waals surface area contributed by atoms with E-state index < -0.39 is 0 Å². The molecule has 0 radical (unpaired) electrons. The Labute approximate surface area is 202 Å². The SMILES string of the molecule is CN(C)CCC[C@H](CCO)c1[nH]c(N)c(/C=C(\N)c2ccccc2O)c1CCOC1CCOC1. The number of aromatic nitrogens is 1. The predicted molar refractivity (Wildman–Crippen MR) is 136 cm³/mol. The molecule has 1 fully saturated rings. The lowest BCUT2D eigenvalue weighted by atomic mass is 9.91. The van der Waals surface area contributed by atoms with Gasteiger partial charge in [-0.1, -0.05) is 12.1 Å². The third-order valence-electron chi connectivity index (χ3n) is 6.36. The molecule has 0 spiro atoms. The van der Waals surface area contributed by atoms with E-state index in [2.05, 4.69) is 24.0 Å². The molecule has 1 saturated heterocycles. The first-order chi connectivity index (χ1) is 16.4. The van der Waals surface area contributed by atoms with Gasteiger partial charge in [0.05, 0.1) is 19.3 Å². The van der Waals surface area contributed by atoms with Crippen molar-refractivity contribution in [2.45, 2.75) is 44.1 Å². The van der Waals surface area contributed by atoms with Crippen molar-refractivity contribution >= 4 is 17.6 Å². The number of ether oxygens (including phenoxy) is 2. The largest absolute Gasteiger partial charge is 0.507 e. The second-order valence-corrected chi connectivity index (χ2v) is 9.22. The van der Waals surface area contributed by atoms with Crippen LogP contribution in [0.1, 0.15) is 54.0 Å². The molecule has 1 aromatic carbocycles. The summed E-state index contributed by atoms with van der Waals surface area (Å²) in [6.45, 7) is 2.99. The van der Waals surface area contributed by atoms with Crippen LogP contribution in [-0.4, -0.2) is 73.3 Å². The fourth-order valence-electron chi connectivity index (χ4n) is 4.54. The average Bonchev–Trinajstić information content (AvgIpc) is 3.42. The molecule has 3 rings (SSSR count). The molecule has 1 aromatic heterocycles. The van der Waals surface area contributed by atoms with Crippen LogP contribution >= 0.6 is 0 Å². The fourth-order valence-corrected chi connectivity index (χ4v) is 4.54. The van der Waals surface area contributed by atoms with E-state index in [-0.39, 0.29) is 24.4 Å². The third kappa shape index (κ3) is 6.99. The van der Waals surface area contributed by atoms with Gasteiger partial charge in [-0.3, -0.25) is 0 Å². The first-order valence-electron chi connectivity index (χ1n) is 12.1. The monoisotopic (exact) mass is 472 g/mol. The Bertz CT molecular complexity index is 935. The van der Waals surface area contributed by atoms with Gasteiger partial charge in [-0.2, -0.15) is 0 Å². The van der Waals surface area contributed by atoms with Gasteiger partial charge in [0.15, 0.2) is 0 Å². The molecular weight excluding hydrogens is 432 g/mol. The topological polar surface area (TPSA) is 130 Å². The van der Waals surface area contributed by atoms with Crippen LogP contribution in [0.3, 0.4) is 0 Å². The second-order valence-electron chi connectivity index (χ2n) is 9.22. The fraction of sp³-hybridized carbons (Fsp3) is 0.538. The molecule has 2 atom stereocenters. The molecule has 2 heterocycles. The zero-order valence-corrected chi connectivity index (χ0v) is 20.4. The summed E-state index contributed by atoms with van der Waals surface area (Å²) in [5.74, 6) is 0.798. The van der Waals surface area contributed by atoms with Gasteiger partial charge in [0.25, 0.3) is 0 Å². The predicted octanol–water partition coefficient (Wildman–Crippen LogP) is 2.92. The van der Waals surface area contributed by atoms with Gasteiger partial charge < -0.3 is 41.0 Å². The summed E-state index contributed by atoms with van der Waals surface area (Å²) < 4.78 is 11.5. The number of nitrogens with zero attached hydrogens (tertiary/aromatic N) is 1. The number of nitrogens with two attached hydrogens (primary N) is 2. The summed E-state index contributed by atoms with van der Waals surface area (Å²) in [7, 11) is 4.13. The summed E-state index contributed by atoms with van der Waals surface area (Å²) in [5.41, 5.74) is 16.8. The minimum Gasteiger partial charge on any atom is -0.507 e. The van der Waals surface area contributed by atoms with E-state index in [9.17, 15) is 10.2 Å². The van der Waals surface area contributed by atoms with E-state index in [1.807, 2.05) is 12.1 Å². The van der Waals surface area contributed by atoms with Crippen molar-refractivity contribution in [3.8, 4) is 5.75 Å². The summed E-state index contributed by atoms with van der Waals surface area (Å²) in [6, 6.07) is 6.99. The summed E-state index contributed by atoms with van der Waals surface area (Å²) >= 11 is 0. The van der Waals surface area contributed by atoms with E-state index >= 15 is 0 Å². The standard InChI is InChI=1S/C26H40N4O4/c1-30(2)12-5-6-18(9-13-31)25-20(11-15-34-19-10-14-33-17-19)22(26(28)29-25)16-23(27)21-7-3-4-8-24(21)32/h3-4,7-8,16,18-19,29,31-32H,5-6,9-15,17,27-28H2,1-2H3/b23-16-/t18-,19?/m1/s1. The summed E-state index contributed by atoms with van der Waals surface area (Å²) in [5, 5.41) is 20.0. The van der Waals surface area contributed by atoms with Crippen LogP contribution in [0.25, 0.3) is 11.8 Å². The van der Waals surface area contributed by atoms with Gasteiger partial charge in [0.2, 0.25) is 0 Å². The van der Waals surface area contributed by atoms with Crippen molar-refractivity contribution in [2.75, 3.05) is 52.8 Å². The number of phenolic OH excluding ortho intramolecular Hbond substituents is 1. The van der Waals surface area contributed by atoms with Crippen molar-refractivity contribution in [1.29, 1.82) is 0 Å². The highest BCUT2D eigenvalue weighted by Gasteiger charge is 2.23. The minimum atomic E-state index is 0.103. The third-order valence-corrected chi connectivity index (χ3v) is 6.36. The van der Waals surface area contributed by atoms with Gasteiger partial charge in [0, 0.05) is 41.6 Å². The summed E-state index contributed by atoms with van der Waals surface area (Å²) in [6.07, 6.45) is 6.11. The molecule has 0 saturated carbocycles. The van der Waals surface area contributed by atoms with Crippen molar-refractivity contribution in [1.82, 2.24) is 9.88 Å². The Morgan fingerprint density at radius 1 is 1.32 bits per heavy atom. The second kappa shape index (κ2) is 12.8. The highest BCUT2D eigenvalue weighted by atomic mass is 16.5. The van der Waals surface area contributed by atoms with Crippen molar-refractivity contribution < 1.29 is 19.7 Å². The highest BCUT2D eigenvalue weighted by molar-refractivity contribution is 5.86. The van der Waals surface area contributed by atoms with Crippen molar-refractivity contribution in [2.24, 2.45) is 5.73 Å². The molecule has 0 bridgehead atoms. The first kappa shape index (κ1) is 26.1. The van der Waals surface area contributed by atoms with E-state index in [1.54, 1.807) is 18.2 Å². The van der Waals surface area contributed by atoms with Gasteiger partial charge in [-0.15, -0.1) is 0 Å².